The third-order valence-corrected chi connectivity index (χ3v) is 6.15. The first-order valence-corrected chi connectivity index (χ1v) is 12.1. The van der Waals surface area contributed by atoms with E-state index in [9.17, 15) is 9.59 Å². The Kier molecular flexibility index (Phi) is 10.4. The van der Waals surface area contributed by atoms with E-state index in [1.54, 1.807) is 41.7 Å². The number of thiazole rings is 1. The number of ether oxygens (including phenoxy) is 2. The average molecular weight is 496 g/mol. The lowest BCUT2D eigenvalue weighted by Crippen LogP contribution is -2.38. The zero-order valence-electron chi connectivity index (χ0n) is 18.7. The van der Waals surface area contributed by atoms with Gasteiger partial charge in [-0.05, 0) is 31.2 Å². The lowest BCUT2D eigenvalue weighted by atomic mass is 10.3. The van der Waals surface area contributed by atoms with Crippen molar-refractivity contribution < 1.29 is 19.1 Å². The molecule has 1 fully saturated rings. The molecule has 0 radical (unpaired) electrons. The maximum atomic E-state index is 12.8. The van der Waals surface area contributed by atoms with Gasteiger partial charge in [-0.3, -0.25) is 9.69 Å². The first kappa shape index (κ1) is 25.4. The molecule has 33 heavy (non-hydrogen) atoms. The number of carbonyl (C=O) groups excluding carboxylic acids is 2. The average Bonchev–Trinajstić information content (AvgIpc) is 3.29. The maximum absolute atomic E-state index is 12.8. The normalized spacial score (nSPS) is 14.1. The molecule has 3 rings (SSSR count). The third kappa shape index (κ3) is 8.56. The van der Waals surface area contributed by atoms with Gasteiger partial charge in [0.25, 0.3) is 5.91 Å². The molecular weight excluding hydrogens is 466 g/mol. The highest BCUT2D eigenvalue weighted by Crippen LogP contribution is 2.17. The van der Waals surface area contributed by atoms with Crippen LogP contribution in [-0.2, 0) is 16.0 Å². The fraction of sp³-hybridized carbons (Fsp3) is 0.500. The van der Waals surface area contributed by atoms with Crippen molar-refractivity contribution in [1.82, 2.24) is 20.1 Å². The van der Waals surface area contributed by atoms with Crippen LogP contribution in [0, 0.1) is 0 Å². The number of aromatic nitrogens is 1. The number of amides is 3. The second kappa shape index (κ2) is 13.5. The van der Waals surface area contributed by atoms with Gasteiger partial charge in [0.1, 0.15) is 10.7 Å². The molecule has 11 heteroatoms. The molecule has 0 aliphatic carbocycles. The van der Waals surface area contributed by atoms with Gasteiger partial charge in [0, 0.05) is 49.4 Å². The number of rotatable bonds is 11. The van der Waals surface area contributed by atoms with E-state index in [2.05, 4.69) is 20.5 Å². The summed E-state index contributed by atoms with van der Waals surface area (Å²) in [5.41, 5.74) is 0.967. The first-order chi connectivity index (χ1) is 16.0. The Labute approximate surface area is 203 Å². The number of hydrogen-bond acceptors (Lipinski definition) is 7. The molecule has 0 atom stereocenters. The minimum atomic E-state index is -0.293. The number of hydrogen-bond donors (Lipinski definition) is 2. The largest absolute Gasteiger partial charge is 0.383 e. The van der Waals surface area contributed by atoms with Crippen molar-refractivity contribution in [3.63, 3.8) is 0 Å². The maximum Gasteiger partial charge on any atom is 0.322 e. The molecule has 1 aromatic carbocycles. The zero-order chi connectivity index (χ0) is 23.5. The van der Waals surface area contributed by atoms with Gasteiger partial charge in [0.15, 0.2) is 0 Å². The van der Waals surface area contributed by atoms with E-state index in [4.69, 9.17) is 21.1 Å². The lowest BCUT2D eigenvalue weighted by Gasteiger charge is -2.26. The number of anilines is 1. The van der Waals surface area contributed by atoms with Crippen LogP contribution in [0.2, 0.25) is 5.02 Å². The number of nitrogens with one attached hydrogen (secondary N) is 2. The van der Waals surface area contributed by atoms with E-state index >= 15 is 0 Å². The number of benzene rings is 1. The summed E-state index contributed by atoms with van der Waals surface area (Å²) in [6, 6.07) is 6.66. The van der Waals surface area contributed by atoms with Crippen LogP contribution >= 0.6 is 22.9 Å². The summed E-state index contributed by atoms with van der Waals surface area (Å²) in [5, 5.41) is 8.69. The van der Waals surface area contributed by atoms with Gasteiger partial charge < -0.3 is 25.0 Å². The lowest BCUT2D eigenvalue weighted by molar-refractivity contribution is 0.0374. The van der Waals surface area contributed by atoms with Crippen LogP contribution in [0.3, 0.4) is 0 Å². The molecule has 0 spiro atoms. The molecule has 2 heterocycles. The molecule has 0 saturated carbocycles. The molecule has 180 valence electrons. The highest BCUT2D eigenvalue weighted by atomic mass is 35.5. The second-order valence-electron chi connectivity index (χ2n) is 7.54. The van der Waals surface area contributed by atoms with Crippen LogP contribution in [-0.4, -0.2) is 86.4 Å². The minimum absolute atomic E-state index is 0.203. The van der Waals surface area contributed by atoms with Crippen molar-refractivity contribution in [2.45, 2.75) is 13.0 Å². The van der Waals surface area contributed by atoms with E-state index in [0.717, 1.165) is 39.3 Å². The highest BCUT2D eigenvalue weighted by molar-refractivity contribution is 7.09. The quantitative estimate of drug-likeness (QED) is 0.465. The molecule has 3 amide bonds. The van der Waals surface area contributed by atoms with Crippen molar-refractivity contribution in [2.75, 3.05) is 65.0 Å². The molecule has 1 aromatic heterocycles. The number of carbonyl (C=O) groups is 2. The van der Waals surface area contributed by atoms with E-state index in [1.807, 2.05) is 0 Å². The first-order valence-electron chi connectivity index (χ1n) is 10.9. The fourth-order valence-corrected chi connectivity index (χ4v) is 4.27. The molecule has 2 N–H and O–H groups in total. The van der Waals surface area contributed by atoms with E-state index < -0.39 is 0 Å². The monoisotopic (exact) mass is 495 g/mol. The number of methoxy groups -OCH3 is 1. The summed E-state index contributed by atoms with van der Waals surface area (Å²) in [7, 11) is 1.58. The van der Waals surface area contributed by atoms with Gasteiger partial charge in [-0.1, -0.05) is 17.7 Å². The summed E-state index contributed by atoms with van der Waals surface area (Å²) in [6.07, 6.45) is 0.872. The number of morpholine rings is 1. The van der Waals surface area contributed by atoms with Gasteiger partial charge in [-0.2, -0.15) is 0 Å². The van der Waals surface area contributed by atoms with Gasteiger partial charge in [0.2, 0.25) is 0 Å². The highest BCUT2D eigenvalue weighted by Gasteiger charge is 2.18. The van der Waals surface area contributed by atoms with Gasteiger partial charge in [-0.15, -0.1) is 11.3 Å². The van der Waals surface area contributed by atoms with Crippen LogP contribution < -0.4 is 10.6 Å². The zero-order valence-corrected chi connectivity index (χ0v) is 20.3. The van der Waals surface area contributed by atoms with E-state index in [0.29, 0.717) is 41.1 Å². The molecule has 2 aromatic rings. The molecule has 1 saturated heterocycles. The van der Waals surface area contributed by atoms with E-state index in [1.165, 1.54) is 11.3 Å². The third-order valence-electron chi connectivity index (χ3n) is 5.08. The van der Waals surface area contributed by atoms with Crippen molar-refractivity contribution in [3.05, 3.63) is 45.4 Å². The van der Waals surface area contributed by atoms with Gasteiger partial charge in [-0.25, -0.2) is 9.78 Å². The Hall–Kier alpha value is -2.24. The van der Waals surface area contributed by atoms with Gasteiger partial charge in [0.05, 0.1) is 26.4 Å². The van der Waals surface area contributed by atoms with Crippen LogP contribution in [0.5, 0.6) is 0 Å². The van der Waals surface area contributed by atoms with Crippen molar-refractivity contribution in [2.24, 2.45) is 0 Å². The topological polar surface area (TPSA) is 96.0 Å². The Bertz CT molecular complexity index is 906. The second-order valence-corrected chi connectivity index (χ2v) is 8.92. The van der Waals surface area contributed by atoms with Crippen molar-refractivity contribution in [3.8, 4) is 0 Å². The van der Waals surface area contributed by atoms with E-state index in [-0.39, 0.29) is 18.5 Å². The summed E-state index contributed by atoms with van der Waals surface area (Å²) in [5.74, 6) is -0.203. The molecule has 9 nitrogen and oxygen atoms in total. The Balaban J connectivity index is 1.49. The van der Waals surface area contributed by atoms with Crippen molar-refractivity contribution in [1.29, 1.82) is 0 Å². The van der Waals surface area contributed by atoms with Crippen molar-refractivity contribution >= 4 is 40.6 Å². The molecule has 0 unspecified atom stereocenters. The SMILES string of the molecule is COCCN(Cc1nc(C(=O)NCCCN2CCOCC2)cs1)C(=O)Nc1cccc(Cl)c1. The Morgan fingerprint density at radius 2 is 2.15 bits per heavy atom. The molecule has 1 aliphatic heterocycles. The fourth-order valence-electron chi connectivity index (χ4n) is 3.29. The van der Waals surface area contributed by atoms with Crippen LogP contribution in [0.25, 0.3) is 0 Å². The molecule has 1 aliphatic rings. The number of halogens is 1. The predicted octanol–water partition coefficient (Wildman–Crippen LogP) is 2.93. The number of urea groups is 1. The molecule has 0 bridgehead atoms. The van der Waals surface area contributed by atoms with Crippen LogP contribution in [0.1, 0.15) is 21.9 Å². The Morgan fingerprint density at radius 1 is 1.33 bits per heavy atom. The van der Waals surface area contributed by atoms with Crippen LogP contribution in [0.15, 0.2) is 29.6 Å². The smallest absolute Gasteiger partial charge is 0.322 e. The predicted molar refractivity (Wildman–Crippen MR) is 129 cm³/mol. The standard InChI is InChI=1S/C22H30ClN5O4S/c1-31-11-10-28(22(30)25-18-5-2-4-17(23)14-18)15-20-26-19(16-33-20)21(29)24-6-3-7-27-8-12-32-13-9-27/h2,4-5,14,16H,3,6-13,15H2,1H3,(H,24,29)(H,25,30). The van der Waals surface area contributed by atoms with Gasteiger partial charge >= 0.3 is 6.03 Å². The summed E-state index contributed by atoms with van der Waals surface area (Å²) in [6.45, 7) is 5.97. The molecular formula is C22H30ClN5O4S. The number of nitrogens with zero attached hydrogens (tertiary/aromatic N) is 3. The minimum Gasteiger partial charge on any atom is -0.383 e. The summed E-state index contributed by atoms with van der Waals surface area (Å²) >= 11 is 7.35. The summed E-state index contributed by atoms with van der Waals surface area (Å²) in [4.78, 5) is 33.6. The summed E-state index contributed by atoms with van der Waals surface area (Å²) < 4.78 is 10.5. The Morgan fingerprint density at radius 3 is 2.91 bits per heavy atom. The van der Waals surface area contributed by atoms with Crippen LogP contribution in [0.4, 0.5) is 10.5 Å².